The van der Waals surface area contributed by atoms with Gasteiger partial charge in [-0.25, -0.2) is 15.0 Å². The van der Waals surface area contributed by atoms with Crippen LogP contribution in [-0.4, -0.2) is 38.2 Å². The molecule has 3 aromatic heterocycles. The van der Waals surface area contributed by atoms with Gasteiger partial charge in [-0.15, -0.1) is 11.3 Å². The maximum atomic E-state index is 4.90. The summed E-state index contributed by atoms with van der Waals surface area (Å²) >= 11 is 1.81. The maximum absolute atomic E-state index is 4.90. The Morgan fingerprint density at radius 3 is 2.71 bits per heavy atom. The lowest BCUT2D eigenvalue weighted by atomic mass is 9.93. The molecule has 0 radical (unpaired) electrons. The summed E-state index contributed by atoms with van der Waals surface area (Å²) in [5.41, 5.74) is 2.14. The van der Waals surface area contributed by atoms with E-state index in [4.69, 9.17) is 4.98 Å². The minimum absolute atomic E-state index is 0.128. The Labute approximate surface area is 145 Å². The van der Waals surface area contributed by atoms with E-state index in [1.165, 1.54) is 10.7 Å². The molecule has 7 heteroatoms. The van der Waals surface area contributed by atoms with E-state index in [1.54, 1.807) is 6.33 Å². The molecular formula is C17H22N6S. The number of aromatic amines is 1. The predicted molar refractivity (Wildman–Crippen MR) is 96.7 cm³/mol. The molecule has 0 saturated carbocycles. The summed E-state index contributed by atoms with van der Waals surface area (Å²) < 4.78 is 0. The smallest absolute Gasteiger partial charge is 0.160 e. The van der Waals surface area contributed by atoms with Crippen molar-refractivity contribution in [1.82, 2.24) is 25.1 Å². The molecule has 0 unspecified atom stereocenters. The van der Waals surface area contributed by atoms with E-state index in [0.717, 1.165) is 42.8 Å². The SMILES string of the molecule is CC(C)(C)c1csc(C2CCN(c3ncnc4[nH]ncc34)CC2)n1. The van der Waals surface area contributed by atoms with Gasteiger partial charge in [-0.3, -0.25) is 5.10 Å². The van der Waals surface area contributed by atoms with Crippen molar-refractivity contribution in [1.29, 1.82) is 0 Å². The minimum atomic E-state index is 0.128. The van der Waals surface area contributed by atoms with Gasteiger partial charge in [0.25, 0.3) is 0 Å². The minimum Gasteiger partial charge on any atom is -0.356 e. The van der Waals surface area contributed by atoms with Gasteiger partial charge in [-0.2, -0.15) is 5.10 Å². The zero-order valence-corrected chi connectivity index (χ0v) is 15.1. The second-order valence-electron chi connectivity index (χ2n) is 7.41. The van der Waals surface area contributed by atoms with Crippen LogP contribution in [0.1, 0.15) is 50.2 Å². The molecule has 6 nitrogen and oxygen atoms in total. The summed E-state index contributed by atoms with van der Waals surface area (Å²) in [5, 5.41) is 11.5. The summed E-state index contributed by atoms with van der Waals surface area (Å²) in [4.78, 5) is 15.9. The Balaban J connectivity index is 1.49. The third kappa shape index (κ3) is 2.77. The van der Waals surface area contributed by atoms with Crippen LogP contribution in [0.4, 0.5) is 5.82 Å². The number of rotatable bonds is 2. The Bertz CT molecular complexity index is 838. The number of nitrogens with zero attached hydrogens (tertiary/aromatic N) is 5. The van der Waals surface area contributed by atoms with Gasteiger partial charge in [0, 0.05) is 29.8 Å². The molecule has 0 spiro atoms. The van der Waals surface area contributed by atoms with E-state index in [1.807, 2.05) is 17.5 Å². The lowest BCUT2D eigenvalue weighted by molar-refractivity contribution is 0.496. The van der Waals surface area contributed by atoms with Gasteiger partial charge < -0.3 is 4.90 Å². The molecule has 0 aliphatic carbocycles. The molecule has 1 N–H and O–H groups in total. The van der Waals surface area contributed by atoms with Crippen LogP contribution in [0, 0.1) is 0 Å². The fraction of sp³-hybridized carbons (Fsp3) is 0.529. The topological polar surface area (TPSA) is 70.6 Å². The van der Waals surface area contributed by atoms with Crippen LogP contribution in [0.15, 0.2) is 17.9 Å². The van der Waals surface area contributed by atoms with Crippen molar-refractivity contribution < 1.29 is 0 Å². The Hall–Kier alpha value is -2.02. The van der Waals surface area contributed by atoms with Crippen LogP contribution >= 0.6 is 11.3 Å². The molecule has 4 rings (SSSR count). The number of aromatic nitrogens is 5. The summed E-state index contributed by atoms with van der Waals surface area (Å²) in [7, 11) is 0. The van der Waals surface area contributed by atoms with Gasteiger partial charge in [-0.1, -0.05) is 20.8 Å². The molecule has 1 fully saturated rings. The first-order chi connectivity index (χ1) is 11.5. The molecule has 3 aromatic rings. The highest BCUT2D eigenvalue weighted by Crippen LogP contribution is 2.35. The molecule has 4 heterocycles. The molecule has 1 aliphatic heterocycles. The third-order valence-corrected chi connectivity index (χ3v) is 5.67. The van der Waals surface area contributed by atoms with E-state index >= 15 is 0 Å². The van der Waals surface area contributed by atoms with Gasteiger partial charge in [0.2, 0.25) is 0 Å². The summed E-state index contributed by atoms with van der Waals surface area (Å²) in [6.07, 6.45) is 5.65. The molecule has 126 valence electrons. The number of H-pyrrole nitrogens is 1. The van der Waals surface area contributed by atoms with E-state index in [9.17, 15) is 0 Å². The number of anilines is 1. The quantitative estimate of drug-likeness (QED) is 0.772. The first-order valence-corrected chi connectivity index (χ1v) is 9.25. The summed E-state index contributed by atoms with van der Waals surface area (Å²) in [5.74, 6) is 1.55. The fourth-order valence-corrected chi connectivity index (χ4v) is 4.38. The molecule has 1 aliphatic rings. The highest BCUT2D eigenvalue weighted by molar-refractivity contribution is 7.09. The monoisotopic (exact) mass is 342 g/mol. The van der Waals surface area contributed by atoms with Crippen molar-refractivity contribution in [2.24, 2.45) is 0 Å². The molecule has 0 aromatic carbocycles. The van der Waals surface area contributed by atoms with Gasteiger partial charge in [0.1, 0.15) is 12.1 Å². The largest absolute Gasteiger partial charge is 0.356 e. The number of hydrogen-bond acceptors (Lipinski definition) is 6. The molecule has 0 bridgehead atoms. The second-order valence-corrected chi connectivity index (χ2v) is 8.30. The highest BCUT2D eigenvalue weighted by atomic mass is 32.1. The first-order valence-electron chi connectivity index (χ1n) is 8.37. The number of thiazole rings is 1. The normalized spacial score (nSPS) is 16.9. The molecular weight excluding hydrogens is 320 g/mol. The van der Waals surface area contributed by atoms with Crippen molar-refractivity contribution >= 4 is 28.2 Å². The standard InChI is InChI=1S/C17H22N6S/c1-17(2,3)13-9-24-16(21-13)11-4-6-23(7-5-11)15-12-8-20-22-14(12)18-10-19-15/h8-11H,4-7H2,1-3H3,(H,18,19,20,22). The van der Waals surface area contributed by atoms with Crippen molar-refractivity contribution in [3.63, 3.8) is 0 Å². The van der Waals surface area contributed by atoms with Crippen LogP contribution in [0.2, 0.25) is 0 Å². The maximum Gasteiger partial charge on any atom is 0.160 e. The van der Waals surface area contributed by atoms with Crippen LogP contribution in [-0.2, 0) is 5.41 Å². The zero-order valence-electron chi connectivity index (χ0n) is 14.3. The van der Waals surface area contributed by atoms with Crippen molar-refractivity contribution in [2.45, 2.75) is 44.9 Å². The van der Waals surface area contributed by atoms with Crippen LogP contribution in [0.25, 0.3) is 11.0 Å². The lowest BCUT2D eigenvalue weighted by Crippen LogP contribution is -2.33. The molecule has 0 amide bonds. The van der Waals surface area contributed by atoms with Gasteiger partial charge >= 0.3 is 0 Å². The van der Waals surface area contributed by atoms with Crippen LogP contribution < -0.4 is 4.90 Å². The van der Waals surface area contributed by atoms with E-state index in [2.05, 4.69) is 51.2 Å². The molecule has 1 saturated heterocycles. The number of piperidine rings is 1. The lowest BCUT2D eigenvalue weighted by Gasteiger charge is -2.32. The second kappa shape index (κ2) is 5.81. The molecule has 24 heavy (non-hydrogen) atoms. The summed E-state index contributed by atoms with van der Waals surface area (Å²) in [6.45, 7) is 8.65. The number of hydrogen-bond donors (Lipinski definition) is 1. The van der Waals surface area contributed by atoms with Crippen molar-refractivity contribution in [2.75, 3.05) is 18.0 Å². The van der Waals surface area contributed by atoms with Crippen molar-refractivity contribution in [3.05, 3.63) is 28.6 Å². The number of fused-ring (bicyclic) bond motifs is 1. The van der Waals surface area contributed by atoms with Crippen LogP contribution in [0.3, 0.4) is 0 Å². The predicted octanol–water partition coefficient (Wildman–Crippen LogP) is 3.49. The third-order valence-electron chi connectivity index (χ3n) is 4.66. The Kier molecular flexibility index (Phi) is 3.75. The molecule has 0 atom stereocenters. The van der Waals surface area contributed by atoms with Crippen molar-refractivity contribution in [3.8, 4) is 0 Å². The van der Waals surface area contributed by atoms with Gasteiger partial charge in [-0.05, 0) is 12.8 Å². The Morgan fingerprint density at radius 1 is 1.21 bits per heavy atom. The van der Waals surface area contributed by atoms with E-state index < -0.39 is 0 Å². The van der Waals surface area contributed by atoms with Gasteiger partial charge in [0.15, 0.2) is 5.65 Å². The van der Waals surface area contributed by atoms with Crippen LogP contribution in [0.5, 0.6) is 0 Å². The van der Waals surface area contributed by atoms with E-state index in [-0.39, 0.29) is 5.41 Å². The zero-order chi connectivity index (χ0) is 16.7. The summed E-state index contributed by atoms with van der Waals surface area (Å²) in [6, 6.07) is 0. The average molecular weight is 342 g/mol. The number of nitrogens with one attached hydrogen (secondary N) is 1. The fourth-order valence-electron chi connectivity index (χ4n) is 3.16. The Morgan fingerprint density at radius 2 is 2.00 bits per heavy atom. The first kappa shape index (κ1) is 15.5. The average Bonchev–Trinajstić information content (AvgIpc) is 3.23. The van der Waals surface area contributed by atoms with E-state index in [0.29, 0.717) is 5.92 Å². The highest BCUT2D eigenvalue weighted by Gasteiger charge is 2.26. The van der Waals surface area contributed by atoms with Gasteiger partial charge in [0.05, 0.1) is 22.3 Å².